The predicted octanol–water partition coefficient (Wildman–Crippen LogP) is 11.3. The summed E-state index contributed by atoms with van der Waals surface area (Å²) in [5.74, 6) is -1.13. The van der Waals surface area contributed by atoms with Crippen LogP contribution in [0, 0.1) is 0 Å². The van der Waals surface area contributed by atoms with Gasteiger partial charge in [-0.1, -0.05) is 146 Å². The van der Waals surface area contributed by atoms with Crippen LogP contribution >= 0.6 is 11.8 Å². The van der Waals surface area contributed by atoms with Crippen LogP contribution in [0.15, 0.2) is 88.9 Å². The van der Waals surface area contributed by atoms with E-state index in [2.05, 4.69) is 27.8 Å². The molecule has 54 heavy (non-hydrogen) atoms. The number of tetrazole rings is 1. The lowest BCUT2D eigenvalue weighted by molar-refractivity contribution is 0.0696. The number of nitrogens with zero attached hydrogens (tertiary/aromatic N) is 4. The van der Waals surface area contributed by atoms with Crippen molar-refractivity contribution < 1.29 is 24.5 Å². The molecule has 11 heteroatoms. The maximum Gasteiger partial charge on any atom is 0.335 e. The van der Waals surface area contributed by atoms with E-state index in [-0.39, 0.29) is 16.9 Å². The van der Waals surface area contributed by atoms with Crippen LogP contribution in [0.4, 0.5) is 5.69 Å². The van der Waals surface area contributed by atoms with E-state index in [1.165, 1.54) is 118 Å². The summed E-state index contributed by atoms with van der Waals surface area (Å²) in [7, 11) is 0. The molecular formula is C43H53N5O5S. The second kappa shape index (κ2) is 21.7. The molecule has 5 rings (SSSR count). The zero-order valence-corrected chi connectivity index (χ0v) is 32.2. The zero-order chi connectivity index (χ0) is 38.0. The number of hydrogen-bond donors (Lipinski definition) is 3. The van der Waals surface area contributed by atoms with Gasteiger partial charge in [0, 0.05) is 10.3 Å². The number of phenolic OH excluding ortho intramolecular Hbond substituents is 1. The molecule has 10 nitrogen and oxygen atoms in total. The number of anilines is 1. The van der Waals surface area contributed by atoms with E-state index in [0.29, 0.717) is 44.6 Å². The van der Waals surface area contributed by atoms with Gasteiger partial charge in [-0.2, -0.15) is 4.68 Å². The van der Waals surface area contributed by atoms with Crippen molar-refractivity contribution in [1.29, 1.82) is 0 Å². The first-order valence-corrected chi connectivity index (χ1v) is 20.4. The van der Waals surface area contributed by atoms with Gasteiger partial charge in [-0.25, -0.2) is 4.79 Å². The van der Waals surface area contributed by atoms with Crippen LogP contribution in [-0.4, -0.2) is 48.9 Å². The van der Waals surface area contributed by atoms with Crippen molar-refractivity contribution in [3.63, 3.8) is 0 Å². The molecule has 0 saturated carbocycles. The molecule has 0 aliphatic carbocycles. The van der Waals surface area contributed by atoms with Crippen LogP contribution in [0.5, 0.6) is 11.5 Å². The van der Waals surface area contributed by atoms with Gasteiger partial charge in [0.1, 0.15) is 11.5 Å². The summed E-state index contributed by atoms with van der Waals surface area (Å²) < 4.78 is 7.56. The highest BCUT2D eigenvalue weighted by Gasteiger charge is 2.21. The van der Waals surface area contributed by atoms with Gasteiger partial charge in [-0.15, -0.1) is 5.10 Å². The fourth-order valence-electron chi connectivity index (χ4n) is 6.58. The first-order valence-electron chi connectivity index (χ1n) is 19.5. The molecule has 1 aromatic heterocycles. The largest absolute Gasteiger partial charge is 0.506 e. The molecule has 0 saturated heterocycles. The molecule has 0 atom stereocenters. The van der Waals surface area contributed by atoms with E-state index >= 15 is 0 Å². The van der Waals surface area contributed by atoms with E-state index in [0.717, 1.165) is 12.8 Å². The van der Waals surface area contributed by atoms with E-state index in [4.69, 9.17) is 4.74 Å². The highest BCUT2D eigenvalue weighted by Crippen LogP contribution is 2.40. The SMILES string of the molecule is CCCCCCCCCCCCCCCCCCOc1ccccc1NC(=O)c1cc(Sc2nnnn2-c2cccc(C(=O)O)c2)c2ccccc2c1O. The van der Waals surface area contributed by atoms with Crippen LogP contribution in [-0.2, 0) is 0 Å². The van der Waals surface area contributed by atoms with Crippen molar-refractivity contribution in [2.75, 3.05) is 11.9 Å². The van der Waals surface area contributed by atoms with Gasteiger partial charge in [0.05, 0.1) is 29.1 Å². The number of nitrogens with one attached hydrogen (secondary N) is 1. The van der Waals surface area contributed by atoms with Crippen molar-refractivity contribution in [3.8, 4) is 17.2 Å². The number of ether oxygens (including phenoxy) is 1. The van der Waals surface area contributed by atoms with Gasteiger partial charge >= 0.3 is 5.97 Å². The number of carbonyl (C=O) groups is 2. The Kier molecular flexibility index (Phi) is 16.2. The minimum atomic E-state index is -1.06. The second-order valence-electron chi connectivity index (χ2n) is 13.7. The maximum atomic E-state index is 13.8. The standard InChI is InChI=1S/C43H53N5O5S/c1-2-3-4-5-6-7-8-9-10-11-12-13-14-15-16-21-29-53-38-28-20-19-27-37(38)44-41(50)36-31-39(34-25-17-18-26-35(34)40(36)49)54-43-45-46-47-48(43)33-24-22-23-32(30-33)42(51)52/h17-20,22-28,30-31,49H,2-16,21,29H2,1H3,(H,44,50)(H,51,52). The van der Waals surface area contributed by atoms with E-state index in [9.17, 15) is 19.8 Å². The number of hydrogen-bond acceptors (Lipinski definition) is 8. The molecule has 1 heterocycles. The number of benzene rings is 4. The summed E-state index contributed by atoms with van der Waals surface area (Å²) in [5.41, 5.74) is 1.17. The Hall–Kier alpha value is -4.90. The van der Waals surface area contributed by atoms with Crippen LogP contribution < -0.4 is 10.1 Å². The highest BCUT2D eigenvalue weighted by molar-refractivity contribution is 7.99. The molecule has 5 aromatic rings. The minimum Gasteiger partial charge on any atom is -0.506 e. The molecule has 4 aromatic carbocycles. The highest BCUT2D eigenvalue weighted by atomic mass is 32.2. The van der Waals surface area contributed by atoms with E-state index < -0.39 is 11.9 Å². The second-order valence-corrected chi connectivity index (χ2v) is 14.8. The van der Waals surface area contributed by atoms with Gasteiger partial charge in [-0.3, -0.25) is 4.79 Å². The number of unbranched alkanes of at least 4 members (excludes halogenated alkanes) is 15. The number of fused-ring (bicyclic) bond motifs is 1. The molecule has 0 fully saturated rings. The quantitative estimate of drug-likeness (QED) is 0.0526. The van der Waals surface area contributed by atoms with E-state index in [1.54, 1.807) is 36.4 Å². The summed E-state index contributed by atoms with van der Waals surface area (Å²) in [6.07, 6.45) is 20.9. The third kappa shape index (κ3) is 11.8. The number of carbonyl (C=O) groups excluding carboxylic acids is 1. The molecule has 0 spiro atoms. The smallest absolute Gasteiger partial charge is 0.335 e. The van der Waals surface area contributed by atoms with Crippen molar-refractivity contribution in [1.82, 2.24) is 20.2 Å². The number of rotatable bonds is 24. The molecule has 0 unspecified atom stereocenters. The Labute approximate surface area is 322 Å². The van der Waals surface area contributed by atoms with Crippen LogP contribution in [0.25, 0.3) is 16.5 Å². The Balaban J connectivity index is 1.12. The molecule has 0 radical (unpaired) electrons. The first kappa shape index (κ1) is 40.3. The summed E-state index contributed by atoms with van der Waals surface area (Å²) >= 11 is 1.20. The summed E-state index contributed by atoms with van der Waals surface area (Å²) in [6.45, 7) is 2.82. The number of aromatic nitrogens is 4. The van der Waals surface area contributed by atoms with Crippen LogP contribution in [0.1, 0.15) is 130 Å². The number of carboxylic acid groups (broad SMARTS) is 1. The lowest BCUT2D eigenvalue weighted by atomic mass is 10.0. The zero-order valence-electron chi connectivity index (χ0n) is 31.3. The summed E-state index contributed by atoms with van der Waals surface area (Å²) in [6, 6.07) is 22.5. The first-order chi connectivity index (χ1) is 26.5. The molecule has 1 amide bonds. The van der Waals surface area contributed by atoms with Crippen molar-refractivity contribution >= 4 is 40.1 Å². The number of para-hydroxylation sites is 2. The Morgan fingerprint density at radius 3 is 2.02 bits per heavy atom. The number of carboxylic acids is 1. The Morgan fingerprint density at radius 2 is 1.35 bits per heavy atom. The number of phenols is 1. The molecule has 3 N–H and O–H groups in total. The Morgan fingerprint density at radius 1 is 0.741 bits per heavy atom. The van der Waals surface area contributed by atoms with Crippen LogP contribution in [0.3, 0.4) is 0 Å². The third-order valence-corrected chi connectivity index (χ3v) is 10.6. The van der Waals surface area contributed by atoms with Gasteiger partial charge in [0.2, 0.25) is 5.16 Å². The normalized spacial score (nSPS) is 11.2. The van der Waals surface area contributed by atoms with Gasteiger partial charge in [0.15, 0.2) is 0 Å². The van der Waals surface area contributed by atoms with Crippen molar-refractivity contribution in [2.24, 2.45) is 0 Å². The van der Waals surface area contributed by atoms with E-state index in [1.807, 2.05) is 30.3 Å². The minimum absolute atomic E-state index is 0.0794. The Bertz CT molecular complexity index is 1950. The van der Waals surface area contributed by atoms with Gasteiger partial charge < -0.3 is 20.3 Å². The van der Waals surface area contributed by atoms with Gasteiger partial charge in [-0.05, 0) is 70.4 Å². The average molecular weight is 752 g/mol. The fourth-order valence-corrected chi connectivity index (χ4v) is 7.54. The summed E-state index contributed by atoms with van der Waals surface area (Å²) in [5, 5.41) is 37.3. The summed E-state index contributed by atoms with van der Waals surface area (Å²) in [4.78, 5) is 26.0. The third-order valence-electron chi connectivity index (χ3n) is 9.59. The monoisotopic (exact) mass is 751 g/mol. The molecule has 0 bridgehead atoms. The molecule has 0 aliphatic heterocycles. The average Bonchev–Trinajstić information content (AvgIpc) is 3.66. The fraction of sp³-hybridized carbons (Fsp3) is 0.419. The maximum absolute atomic E-state index is 13.8. The lowest BCUT2D eigenvalue weighted by Crippen LogP contribution is -2.14. The molecule has 286 valence electrons. The van der Waals surface area contributed by atoms with Crippen LogP contribution in [0.2, 0.25) is 0 Å². The lowest BCUT2D eigenvalue weighted by Gasteiger charge is -2.15. The number of amides is 1. The molecular weight excluding hydrogens is 699 g/mol. The number of aromatic carboxylic acids is 1. The van der Waals surface area contributed by atoms with Crippen molar-refractivity contribution in [3.05, 3.63) is 90.0 Å². The van der Waals surface area contributed by atoms with Gasteiger partial charge in [0.25, 0.3) is 5.91 Å². The molecule has 0 aliphatic rings. The van der Waals surface area contributed by atoms with Crippen molar-refractivity contribution in [2.45, 2.75) is 120 Å². The number of aromatic hydroxyl groups is 1. The predicted molar refractivity (Wildman–Crippen MR) is 215 cm³/mol. The topological polar surface area (TPSA) is 139 Å².